The molecule has 0 atom stereocenters. The molecule has 1 heterocycles. The van der Waals surface area contributed by atoms with Crippen LogP contribution in [0.3, 0.4) is 0 Å². The van der Waals surface area contributed by atoms with Crippen LogP contribution in [0, 0.1) is 0 Å². The first-order valence-corrected chi connectivity index (χ1v) is 7.66. The van der Waals surface area contributed by atoms with E-state index in [0.717, 1.165) is 16.8 Å². The fraction of sp³-hybridized carbons (Fsp3) is 0.167. The molecule has 2 rings (SSSR count). The van der Waals surface area contributed by atoms with Crippen LogP contribution >= 0.6 is 39.0 Å². The maximum Gasteiger partial charge on any atom is 0.0599 e. The lowest BCUT2D eigenvalue weighted by Gasteiger charge is -2.05. The summed E-state index contributed by atoms with van der Waals surface area (Å²) in [7, 11) is 0. The highest BCUT2D eigenvalue weighted by atomic mass is 79.9. The van der Waals surface area contributed by atoms with E-state index in [2.05, 4.69) is 63.0 Å². The second-order valence-electron chi connectivity index (χ2n) is 3.21. The van der Waals surface area contributed by atoms with Crippen molar-refractivity contribution in [2.45, 2.75) is 4.21 Å². The Morgan fingerprint density at radius 3 is 2.69 bits per heavy atom. The van der Waals surface area contributed by atoms with Gasteiger partial charge in [-0.3, -0.25) is 0 Å². The zero-order valence-electron chi connectivity index (χ0n) is 8.65. The molecule has 0 saturated heterocycles. The summed E-state index contributed by atoms with van der Waals surface area (Å²) in [5.74, 6) is 1.09. The molecule has 1 aromatic heterocycles. The highest BCUT2D eigenvalue weighted by Crippen LogP contribution is 2.23. The second kappa shape index (κ2) is 6.33. The fourth-order valence-corrected chi connectivity index (χ4v) is 3.24. The summed E-state index contributed by atoms with van der Waals surface area (Å²) in [6.07, 6.45) is 0. The van der Waals surface area contributed by atoms with E-state index in [-0.39, 0.29) is 0 Å². The van der Waals surface area contributed by atoms with E-state index in [9.17, 15) is 0 Å². The Bertz CT molecular complexity index is 411. The Labute approximate surface area is 112 Å². The standard InChI is InChI=1S/C12H12BrNS2/c13-10-3-5-11(6-4-10)14-7-9-16-12-2-1-8-15-12/h1-6,8,14H,7,9H2. The van der Waals surface area contributed by atoms with Gasteiger partial charge in [0.2, 0.25) is 0 Å². The van der Waals surface area contributed by atoms with Crippen molar-refractivity contribution in [1.29, 1.82) is 0 Å². The van der Waals surface area contributed by atoms with Gasteiger partial charge in [-0.1, -0.05) is 22.0 Å². The van der Waals surface area contributed by atoms with Crippen molar-refractivity contribution in [2.24, 2.45) is 0 Å². The van der Waals surface area contributed by atoms with E-state index < -0.39 is 0 Å². The number of thioether (sulfide) groups is 1. The summed E-state index contributed by atoms with van der Waals surface area (Å²) < 4.78 is 2.50. The number of nitrogens with one attached hydrogen (secondary N) is 1. The molecule has 1 aromatic carbocycles. The monoisotopic (exact) mass is 313 g/mol. The minimum atomic E-state index is 0.990. The smallest absolute Gasteiger partial charge is 0.0599 e. The van der Waals surface area contributed by atoms with Crippen LogP contribution in [0.15, 0.2) is 50.5 Å². The zero-order chi connectivity index (χ0) is 11.2. The third-order valence-electron chi connectivity index (χ3n) is 2.01. The Balaban J connectivity index is 1.70. The number of hydrogen-bond acceptors (Lipinski definition) is 3. The van der Waals surface area contributed by atoms with Gasteiger partial charge in [-0.25, -0.2) is 0 Å². The van der Waals surface area contributed by atoms with Gasteiger partial charge in [0.25, 0.3) is 0 Å². The summed E-state index contributed by atoms with van der Waals surface area (Å²) in [6.45, 7) is 0.990. The Morgan fingerprint density at radius 2 is 2.00 bits per heavy atom. The molecule has 4 heteroatoms. The molecule has 0 unspecified atom stereocenters. The lowest BCUT2D eigenvalue weighted by molar-refractivity contribution is 1.23. The molecule has 0 fully saturated rings. The summed E-state index contributed by atoms with van der Waals surface area (Å²) >= 11 is 7.12. The van der Waals surface area contributed by atoms with Crippen LogP contribution in [0.2, 0.25) is 0 Å². The van der Waals surface area contributed by atoms with E-state index in [1.807, 2.05) is 11.8 Å². The first-order chi connectivity index (χ1) is 7.84. The predicted octanol–water partition coefficient (Wildman–Crippen LogP) is 4.71. The van der Waals surface area contributed by atoms with Gasteiger partial charge in [0.15, 0.2) is 0 Å². The van der Waals surface area contributed by atoms with Crippen LogP contribution in [0.1, 0.15) is 0 Å². The Kier molecular flexibility index (Phi) is 4.75. The third-order valence-corrected chi connectivity index (χ3v) is 4.68. The summed E-state index contributed by atoms with van der Waals surface area (Å²) in [4.78, 5) is 0. The van der Waals surface area contributed by atoms with E-state index in [1.165, 1.54) is 9.90 Å². The van der Waals surface area contributed by atoms with Crippen molar-refractivity contribution in [3.8, 4) is 0 Å². The molecule has 0 bridgehead atoms. The third kappa shape index (κ3) is 3.85. The first kappa shape index (κ1) is 12.0. The zero-order valence-corrected chi connectivity index (χ0v) is 11.9. The van der Waals surface area contributed by atoms with Gasteiger partial charge in [-0.15, -0.1) is 23.1 Å². The summed E-state index contributed by atoms with van der Waals surface area (Å²) in [5, 5.41) is 5.51. The molecule has 0 saturated carbocycles. The number of rotatable bonds is 5. The first-order valence-electron chi connectivity index (χ1n) is 5.00. The van der Waals surface area contributed by atoms with Crippen LogP contribution in [0.25, 0.3) is 0 Å². The Hall–Kier alpha value is -0.450. The van der Waals surface area contributed by atoms with Gasteiger partial charge in [0.05, 0.1) is 4.21 Å². The van der Waals surface area contributed by atoms with Gasteiger partial charge in [-0.2, -0.15) is 0 Å². The van der Waals surface area contributed by atoms with Crippen molar-refractivity contribution < 1.29 is 0 Å². The normalized spacial score (nSPS) is 10.3. The van der Waals surface area contributed by atoms with Gasteiger partial charge < -0.3 is 5.32 Å². The fourth-order valence-electron chi connectivity index (χ4n) is 1.26. The maximum atomic E-state index is 3.42. The predicted molar refractivity (Wildman–Crippen MR) is 77.7 cm³/mol. The molecule has 0 spiro atoms. The van der Waals surface area contributed by atoms with E-state index in [1.54, 1.807) is 11.3 Å². The average molecular weight is 314 g/mol. The minimum Gasteiger partial charge on any atom is -0.384 e. The second-order valence-corrected chi connectivity index (χ2v) is 6.47. The molecule has 0 amide bonds. The highest BCUT2D eigenvalue weighted by molar-refractivity contribution is 9.10. The molecular formula is C12H12BrNS2. The number of benzene rings is 1. The van der Waals surface area contributed by atoms with Crippen molar-refractivity contribution in [2.75, 3.05) is 17.6 Å². The van der Waals surface area contributed by atoms with Crippen LogP contribution in [-0.2, 0) is 0 Å². The molecular weight excluding hydrogens is 302 g/mol. The average Bonchev–Trinajstić information content (AvgIpc) is 2.80. The molecule has 84 valence electrons. The highest BCUT2D eigenvalue weighted by Gasteiger charge is 1.95. The molecule has 1 N–H and O–H groups in total. The summed E-state index contributed by atoms with van der Waals surface area (Å²) in [6, 6.07) is 12.5. The van der Waals surface area contributed by atoms with Gasteiger partial charge >= 0.3 is 0 Å². The summed E-state index contributed by atoms with van der Waals surface area (Å²) in [5.41, 5.74) is 1.18. The van der Waals surface area contributed by atoms with E-state index in [0.29, 0.717) is 0 Å². The molecule has 2 aromatic rings. The number of hydrogen-bond donors (Lipinski definition) is 1. The van der Waals surface area contributed by atoms with Gasteiger partial charge in [0, 0.05) is 22.5 Å². The van der Waals surface area contributed by atoms with Gasteiger partial charge in [-0.05, 0) is 35.7 Å². The van der Waals surface area contributed by atoms with Crippen LogP contribution in [0.5, 0.6) is 0 Å². The lowest BCUT2D eigenvalue weighted by Crippen LogP contribution is -2.03. The van der Waals surface area contributed by atoms with Crippen molar-refractivity contribution in [1.82, 2.24) is 0 Å². The van der Waals surface area contributed by atoms with E-state index >= 15 is 0 Å². The molecule has 0 aliphatic carbocycles. The molecule has 1 nitrogen and oxygen atoms in total. The van der Waals surface area contributed by atoms with Crippen molar-refractivity contribution in [3.05, 3.63) is 46.3 Å². The molecule has 0 aliphatic rings. The maximum absolute atomic E-state index is 3.42. The number of anilines is 1. The van der Waals surface area contributed by atoms with Gasteiger partial charge in [0.1, 0.15) is 0 Å². The lowest BCUT2D eigenvalue weighted by atomic mass is 10.3. The largest absolute Gasteiger partial charge is 0.384 e. The quantitative estimate of drug-likeness (QED) is 0.633. The van der Waals surface area contributed by atoms with Crippen LogP contribution < -0.4 is 5.32 Å². The molecule has 16 heavy (non-hydrogen) atoms. The molecule has 0 aliphatic heterocycles. The SMILES string of the molecule is Brc1ccc(NCCSc2cccs2)cc1. The Morgan fingerprint density at radius 1 is 1.19 bits per heavy atom. The topological polar surface area (TPSA) is 12.0 Å². The van der Waals surface area contributed by atoms with Crippen molar-refractivity contribution >= 4 is 44.7 Å². The number of thiophene rings is 1. The van der Waals surface area contributed by atoms with Crippen molar-refractivity contribution in [3.63, 3.8) is 0 Å². The number of halogens is 1. The van der Waals surface area contributed by atoms with Crippen LogP contribution in [-0.4, -0.2) is 12.3 Å². The molecule has 0 radical (unpaired) electrons. The van der Waals surface area contributed by atoms with E-state index in [4.69, 9.17) is 0 Å². The minimum absolute atomic E-state index is 0.990. The van der Waals surface area contributed by atoms with Crippen LogP contribution in [0.4, 0.5) is 5.69 Å².